The molecular weight excluding hydrogens is 320 g/mol. The molecule has 1 aliphatic rings. The first kappa shape index (κ1) is 17.2. The number of carbonyl (C=O) groups is 2. The van der Waals surface area contributed by atoms with E-state index in [2.05, 4.69) is 4.90 Å². The predicted octanol–water partition coefficient (Wildman–Crippen LogP) is 1.90. The van der Waals surface area contributed by atoms with E-state index in [4.69, 9.17) is 11.6 Å². The van der Waals surface area contributed by atoms with Crippen molar-refractivity contribution in [1.29, 1.82) is 0 Å². The smallest absolute Gasteiger partial charge is 0.328 e. The molecule has 0 atom stereocenters. The maximum Gasteiger partial charge on any atom is 0.328 e. The average molecular weight is 341 g/mol. The first-order chi connectivity index (χ1) is 10.8. The van der Waals surface area contributed by atoms with Gasteiger partial charge in [-0.1, -0.05) is 11.6 Å². The molecule has 1 aliphatic heterocycles. The number of halogens is 1. The van der Waals surface area contributed by atoms with Gasteiger partial charge in [0.15, 0.2) is 0 Å². The number of hydrogen-bond acceptors (Lipinski definition) is 4. The van der Waals surface area contributed by atoms with Gasteiger partial charge in [-0.05, 0) is 18.2 Å². The zero-order valence-electron chi connectivity index (χ0n) is 13.5. The van der Waals surface area contributed by atoms with Gasteiger partial charge in [0.05, 0.1) is 5.02 Å². The molecule has 4 amide bonds. The van der Waals surface area contributed by atoms with Crippen LogP contribution >= 0.6 is 11.6 Å². The van der Waals surface area contributed by atoms with Crippen molar-refractivity contribution in [3.05, 3.63) is 23.2 Å². The molecule has 0 aromatic heterocycles. The Hall–Kier alpha value is -2.15. The maximum absolute atomic E-state index is 12.3. The molecule has 0 spiro atoms. The molecular formula is C15H21ClN4O3. The number of anilines is 1. The highest BCUT2D eigenvalue weighted by Crippen LogP contribution is 2.28. The van der Waals surface area contributed by atoms with E-state index in [-0.39, 0.29) is 17.8 Å². The zero-order chi connectivity index (χ0) is 17.1. The lowest BCUT2D eigenvalue weighted by Crippen LogP contribution is -2.54. The number of piperazine rings is 1. The lowest BCUT2D eigenvalue weighted by atomic mass is 10.2. The number of rotatable bonds is 1. The second kappa shape index (κ2) is 6.95. The molecule has 0 saturated carbocycles. The molecule has 0 radical (unpaired) electrons. The van der Waals surface area contributed by atoms with Gasteiger partial charge in [-0.25, -0.2) is 14.5 Å². The average Bonchev–Trinajstić information content (AvgIpc) is 2.55. The molecule has 1 N–H and O–H groups in total. The Kier molecular flexibility index (Phi) is 5.20. The van der Waals surface area contributed by atoms with Crippen LogP contribution < -0.4 is 4.90 Å². The van der Waals surface area contributed by atoms with Crippen LogP contribution in [0.25, 0.3) is 0 Å². The highest BCUT2D eigenvalue weighted by Gasteiger charge is 2.27. The number of phenolic OH excluding ortho intramolecular Hbond substituents is 1. The summed E-state index contributed by atoms with van der Waals surface area (Å²) in [7, 11) is 4.70. The second-order valence-corrected chi connectivity index (χ2v) is 6.04. The third-order valence-corrected chi connectivity index (χ3v) is 4.11. The molecule has 0 unspecified atom stereocenters. The predicted molar refractivity (Wildman–Crippen MR) is 89.1 cm³/mol. The van der Waals surface area contributed by atoms with Crippen LogP contribution in [-0.2, 0) is 0 Å². The molecule has 1 saturated heterocycles. The Balaban J connectivity index is 1.96. The summed E-state index contributed by atoms with van der Waals surface area (Å²) in [4.78, 5) is 30.4. The van der Waals surface area contributed by atoms with E-state index in [1.807, 2.05) is 0 Å². The van der Waals surface area contributed by atoms with E-state index in [0.29, 0.717) is 31.2 Å². The number of phenols is 1. The van der Waals surface area contributed by atoms with Gasteiger partial charge in [-0.15, -0.1) is 0 Å². The van der Waals surface area contributed by atoms with Crippen LogP contribution in [-0.4, -0.2) is 79.2 Å². The number of imide groups is 1. The summed E-state index contributed by atoms with van der Waals surface area (Å²) >= 11 is 5.93. The fourth-order valence-corrected chi connectivity index (χ4v) is 2.62. The minimum absolute atomic E-state index is 0.0491. The number of carbonyl (C=O) groups excluding carboxylic acids is 2. The van der Waals surface area contributed by atoms with Crippen LogP contribution in [0.5, 0.6) is 5.75 Å². The normalized spacial score (nSPS) is 14.6. The van der Waals surface area contributed by atoms with Gasteiger partial charge in [0.1, 0.15) is 5.75 Å². The molecule has 8 heteroatoms. The van der Waals surface area contributed by atoms with Gasteiger partial charge in [0.25, 0.3) is 0 Å². The van der Waals surface area contributed by atoms with Crippen molar-refractivity contribution in [1.82, 2.24) is 14.7 Å². The summed E-state index contributed by atoms with van der Waals surface area (Å²) in [6.45, 7) is 2.30. The quantitative estimate of drug-likeness (QED) is 0.848. The van der Waals surface area contributed by atoms with E-state index in [9.17, 15) is 14.7 Å². The van der Waals surface area contributed by atoms with Crippen molar-refractivity contribution in [3.63, 3.8) is 0 Å². The van der Waals surface area contributed by atoms with Gasteiger partial charge in [-0.2, -0.15) is 0 Å². The van der Waals surface area contributed by atoms with E-state index in [0.717, 1.165) is 10.6 Å². The topological polar surface area (TPSA) is 67.3 Å². The highest BCUT2D eigenvalue weighted by atomic mass is 35.5. The Morgan fingerprint density at radius 1 is 1.13 bits per heavy atom. The summed E-state index contributed by atoms with van der Waals surface area (Å²) in [5.74, 6) is 0.0491. The van der Waals surface area contributed by atoms with Crippen molar-refractivity contribution in [2.24, 2.45) is 0 Å². The van der Waals surface area contributed by atoms with Gasteiger partial charge in [-0.3, -0.25) is 0 Å². The fourth-order valence-electron chi connectivity index (χ4n) is 2.44. The molecule has 0 bridgehead atoms. The molecule has 23 heavy (non-hydrogen) atoms. The van der Waals surface area contributed by atoms with Gasteiger partial charge in [0, 0.05) is 53.0 Å². The van der Waals surface area contributed by atoms with Gasteiger partial charge < -0.3 is 19.8 Å². The van der Waals surface area contributed by atoms with E-state index >= 15 is 0 Å². The number of benzene rings is 1. The summed E-state index contributed by atoms with van der Waals surface area (Å²) in [6.07, 6.45) is 0. The van der Waals surface area contributed by atoms with Crippen LogP contribution in [0.15, 0.2) is 18.2 Å². The van der Waals surface area contributed by atoms with Crippen molar-refractivity contribution in [2.45, 2.75) is 0 Å². The van der Waals surface area contributed by atoms with Crippen LogP contribution in [0.4, 0.5) is 15.3 Å². The molecule has 7 nitrogen and oxygen atoms in total. The molecule has 1 aromatic rings. The Labute approximate surface area is 140 Å². The van der Waals surface area contributed by atoms with E-state index < -0.39 is 0 Å². The Morgan fingerprint density at radius 2 is 1.74 bits per heavy atom. The first-order valence-electron chi connectivity index (χ1n) is 7.28. The SMILES string of the molecule is CN(C)C(=O)N(C)C(=O)N1CCN(c2ccc(O)c(Cl)c2)CC1. The number of hydrogen-bond donors (Lipinski definition) is 1. The summed E-state index contributed by atoms with van der Waals surface area (Å²) in [5, 5.41) is 9.77. The molecule has 2 rings (SSSR count). The third-order valence-electron chi connectivity index (χ3n) is 3.80. The van der Waals surface area contributed by atoms with E-state index in [1.165, 1.54) is 11.9 Å². The van der Waals surface area contributed by atoms with Crippen LogP contribution in [0, 0.1) is 0 Å². The fraction of sp³-hybridized carbons (Fsp3) is 0.467. The second-order valence-electron chi connectivity index (χ2n) is 5.63. The third kappa shape index (κ3) is 3.79. The van der Waals surface area contributed by atoms with Crippen LogP contribution in [0.3, 0.4) is 0 Å². The van der Waals surface area contributed by atoms with Gasteiger partial charge in [0.2, 0.25) is 0 Å². The Morgan fingerprint density at radius 3 is 2.26 bits per heavy atom. The van der Waals surface area contributed by atoms with E-state index in [1.54, 1.807) is 37.2 Å². The molecule has 126 valence electrons. The summed E-state index contributed by atoms with van der Waals surface area (Å²) < 4.78 is 0. The molecule has 1 heterocycles. The van der Waals surface area contributed by atoms with Crippen LogP contribution in [0.1, 0.15) is 0 Å². The monoisotopic (exact) mass is 340 g/mol. The highest BCUT2D eigenvalue weighted by molar-refractivity contribution is 6.32. The largest absolute Gasteiger partial charge is 0.506 e. The molecule has 0 aliphatic carbocycles. The van der Waals surface area contributed by atoms with Crippen molar-refractivity contribution in [3.8, 4) is 5.75 Å². The van der Waals surface area contributed by atoms with Gasteiger partial charge >= 0.3 is 12.1 Å². The molecule has 1 aromatic carbocycles. The van der Waals surface area contributed by atoms with Crippen molar-refractivity contribution in [2.75, 3.05) is 52.2 Å². The number of nitrogens with zero attached hydrogens (tertiary/aromatic N) is 4. The number of aromatic hydroxyl groups is 1. The summed E-state index contributed by atoms with van der Waals surface area (Å²) in [5.41, 5.74) is 0.901. The standard InChI is InChI=1S/C15H21ClN4O3/c1-17(2)14(22)18(3)15(23)20-8-6-19(7-9-20)11-4-5-13(21)12(16)10-11/h4-5,10,21H,6-9H2,1-3H3. The zero-order valence-corrected chi connectivity index (χ0v) is 14.2. The number of urea groups is 2. The van der Waals surface area contributed by atoms with Crippen molar-refractivity contribution < 1.29 is 14.7 Å². The van der Waals surface area contributed by atoms with Crippen molar-refractivity contribution >= 4 is 29.4 Å². The van der Waals surface area contributed by atoms with Crippen LogP contribution in [0.2, 0.25) is 5.02 Å². The lowest BCUT2D eigenvalue weighted by molar-refractivity contribution is 0.149. The minimum Gasteiger partial charge on any atom is -0.506 e. The lowest BCUT2D eigenvalue weighted by Gasteiger charge is -2.37. The Bertz CT molecular complexity index is 600. The molecule has 1 fully saturated rings. The summed E-state index contributed by atoms with van der Waals surface area (Å²) in [6, 6.07) is 4.41. The maximum atomic E-state index is 12.3. The number of amides is 4. The minimum atomic E-state index is -0.345. The first-order valence-corrected chi connectivity index (χ1v) is 7.66.